The highest BCUT2D eigenvalue weighted by atomic mass is 35.5. The minimum Gasteiger partial charge on any atom is -0.368 e. The second kappa shape index (κ2) is 10.2. The van der Waals surface area contributed by atoms with E-state index >= 15 is 0 Å². The van der Waals surface area contributed by atoms with Gasteiger partial charge in [0.25, 0.3) is 0 Å². The van der Waals surface area contributed by atoms with E-state index in [2.05, 4.69) is 5.10 Å². The third-order valence-corrected chi connectivity index (χ3v) is 6.89. The molecule has 1 amide bonds. The van der Waals surface area contributed by atoms with E-state index in [-0.39, 0.29) is 18.4 Å². The third-order valence-electron chi connectivity index (χ3n) is 6.38. The van der Waals surface area contributed by atoms with Gasteiger partial charge in [-0.25, -0.2) is 19.1 Å². The van der Waals surface area contributed by atoms with Gasteiger partial charge in [0.1, 0.15) is 6.04 Å². The first-order chi connectivity index (χ1) is 17.8. The lowest BCUT2D eigenvalue weighted by Gasteiger charge is -2.18. The Morgan fingerprint density at radius 3 is 2.24 bits per heavy atom. The van der Waals surface area contributed by atoms with Crippen molar-refractivity contribution in [3.8, 4) is 0 Å². The number of hydrazone groups is 1. The highest BCUT2D eigenvalue weighted by molar-refractivity contribution is 6.31. The number of nitrogens with two attached hydrogens (primary N) is 1. The largest absolute Gasteiger partial charge is 0.368 e. The number of hydrogen-bond acceptors (Lipinski definition) is 5. The maximum absolute atomic E-state index is 13.4. The molecule has 1 aliphatic rings. The van der Waals surface area contributed by atoms with E-state index in [1.165, 1.54) is 9.25 Å². The molecule has 2 heterocycles. The summed E-state index contributed by atoms with van der Waals surface area (Å²) in [4.78, 5) is 25.6. The van der Waals surface area contributed by atoms with Crippen LogP contribution in [-0.2, 0) is 11.3 Å². The average molecular weight is 535 g/mol. The number of halogens is 2. The first kappa shape index (κ1) is 24.8. The number of benzene rings is 3. The average Bonchev–Trinajstić information content (AvgIpc) is 3.48. The maximum Gasteiger partial charge on any atom is 0.348 e. The van der Waals surface area contributed by atoms with Crippen LogP contribution in [0.4, 0.5) is 5.95 Å². The van der Waals surface area contributed by atoms with Gasteiger partial charge in [-0.15, -0.1) is 5.10 Å². The lowest BCUT2D eigenvalue weighted by atomic mass is 9.91. The van der Waals surface area contributed by atoms with E-state index in [1.807, 2.05) is 66.7 Å². The number of rotatable bonds is 7. The van der Waals surface area contributed by atoms with Gasteiger partial charge in [-0.3, -0.25) is 4.79 Å². The second-order valence-corrected chi connectivity index (χ2v) is 9.73. The molecular weight excluding hydrogens is 511 g/mol. The van der Waals surface area contributed by atoms with Crippen LogP contribution in [0.5, 0.6) is 0 Å². The van der Waals surface area contributed by atoms with Crippen molar-refractivity contribution in [1.29, 1.82) is 0 Å². The van der Waals surface area contributed by atoms with Crippen LogP contribution in [0.25, 0.3) is 0 Å². The normalized spacial score (nSPS) is 16.0. The van der Waals surface area contributed by atoms with Crippen molar-refractivity contribution in [2.75, 3.05) is 11.6 Å². The molecule has 3 aromatic carbocycles. The molecule has 1 aromatic heterocycles. The lowest BCUT2D eigenvalue weighted by Crippen LogP contribution is -2.35. The summed E-state index contributed by atoms with van der Waals surface area (Å²) in [6.07, 6.45) is 0. The molecule has 5 rings (SSSR count). The fraction of sp³-hybridized carbons (Fsp3) is 0.185. The van der Waals surface area contributed by atoms with Crippen LogP contribution < -0.4 is 16.4 Å². The quantitative estimate of drug-likeness (QED) is 0.378. The number of hydrogen-bond donors (Lipinski definition) is 1. The molecule has 0 saturated carbocycles. The Hall–Kier alpha value is -3.88. The summed E-state index contributed by atoms with van der Waals surface area (Å²) >= 11 is 12.1. The predicted octanol–water partition coefficient (Wildman–Crippen LogP) is 4.45. The lowest BCUT2D eigenvalue weighted by molar-refractivity contribution is -0.120. The van der Waals surface area contributed by atoms with Crippen molar-refractivity contribution in [1.82, 2.24) is 14.3 Å². The first-order valence-electron chi connectivity index (χ1n) is 11.7. The smallest absolute Gasteiger partial charge is 0.348 e. The standard InChI is InChI=1S/C27H24Cl2N6O2/c1-17(25(30)36)35-26(32-34(27(35)37)15-18-7-11-21(28)12-8-18)33-16-23(19-5-3-2-4-6-19)24(31-33)20-9-13-22(29)14-10-20/h2-14,17,23H,15-16H2,1H3,(H2,30,36)/t17-,23+/m1/s1. The van der Waals surface area contributed by atoms with Gasteiger partial charge in [-0.1, -0.05) is 77.8 Å². The molecule has 0 unspecified atom stereocenters. The molecule has 0 bridgehead atoms. The highest BCUT2D eigenvalue weighted by Crippen LogP contribution is 2.32. The van der Waals surface area contributed by atoms with Gasteiger partial charge < -0.3 is 5.73 Å². The Kier molecular flexibility index (Phi) is 6.86. The third kappa shape index (κ3) is 5.03. The minimum absolute atomic E-state index is 0.101. The number of anilines is 1. The molecule has 37 heavy (non-hydrogen) atoms. The van der Waals surface area contributed by atoms with Crippen molar-refractivity contribution < 1.29 is 4.79 Å². The van der Waals surface area contributed by atoms with Crippen LogP contribution in [0.15, 0.2) is 88.8 Å². The fourth-order valence-electron chi connectivity index (χ4n) is 4.37. The van der Waals surface area contributed by atoms with Gasteiger partial charge in [-0.05, 0) is 47.9 Å². The molecular formula is C27H24Cl2N6O2. The van der Waals surface area contributed by atoms with Gasteiger partial charge >= 0.3 is 5.69 Å². The monoisotopic (exact) mass is 534 g/mol. The van der Waals surface area contributed by atoms with E-state index in [0.717, 1.165) is 22.4 Å². The number of amides is 1. The minimum atomic E-state index is -0.925. The summed E-state index contributed by atoms with van der Waals surface area (Å²) < 4.78 is 2.61. The Labute approximate surface area is 223 Å². The number of carbonyl (C=O) groups is 1. The zero-order valence-electron chi connectivity index (χ0n) is 20.0. The zero-order valence-corrected chi connectivity index (χ0v) is 21.5. The molecule has 0 spiro atoms. The van der Waals surface area contributed by atoms with Gasteiger partial charge in [-0.2, -0.15) is 5.10 Å². The SMILES string of the molecule is C[C@H](C(N)=O)n1c(N2C[C@@H](c3ccccc3)C(c3ccc(Cl)cc3)=N2)nn(Cc2ccc(Cl)cc2)c1=O. The second-order valence-electron chi connectivity index (χ2n) is 8.85. The van der Waals surface area contributed by atoms with E-state index in [4.69, 9.17) is 34.0 Å². The molecule has 0 fully saturated rings. The van der Waals surface area contributed by atoms with Crippen LogP contribution in [0.1, 0.15) is 35.6 Å². The first-order valence-corrected chi connectivity index (χ1v) is 12.5. The molecule has 188 valence electrons. The Morgan fingerprint density at radius 2 is 1.62 bits per heavy atom. The summed E-state index contributed by atoms with van der Waals surface area (Å²) in [5.41, 5.74) is 8.77. The van der Waals surface area contributed by atoms with Crippen LogP contribution in [0.2, 0.25) is 10.0 Å². The van der Waals surface area contributed by atoms with Crippen LogP contribution in [-0.4, -0.2) is 32.5 Å². The molecule has 0 saturated heterocycles. The van der Waals surface area contributed by atoms with E-state index in [9.17, 15) is 9.59 Å². The molecule has 2 N–H and O–H groups in total. The summed E-state index contributed by atoms with van der Waals surface area (Å²) in [5.74, 6) is -0.499. The van der Waals surface area contributed by atoms with Gasteiger partial charge in [0.2, 0.25) is 11.9 Å². The Bertz CT molecular complexity index is 1510. The number of aromatic nitrogens is 3. The number of nitrogens with zero attached hydrogens (tertiary/aromatic N) is 5. The summed E-state index contributed by atoms with van der Waals surface area (Å²) in [5, 5.41) is 12.4. The van der Waals surface area contributed by atoms with E-state index < -0.39 is 17.6 Å². The van der Waals surface area contributed by atoms with Gasteiger partial charge in [0.15, 0.2) is 0 Å². The molecule has 8 nitrogen and oxygen atoms in total. The van der Waals surface area contributed by atoms with Crippen LogP contribution >= 0.6 is 23.2 Å². The van der Waals surface area contributed by atoms with Crippen molar-refractivity contribution in [3.63, 3.8) is 0 Å². The molecule has 4 aromatic rings. The number of primary amides is 1. The molecule has 1 aliphatic heterocycles. The Balaban J connectivity index is 1.60. The van der Waals surface area contributed by atoms with Crippen molar-refractivity contribution >= 4 is 40.8 Å². The van der Waals surface area contributed by atoms with Crippen molar-refractivity contribution in [3.05, 3.63) is 116 Å². The maximum atomic E-state index is 13.4. The van der Waals surface area contributed by atoms with Crippen LogP contribution in [0, 0.1) is 0 Å². The Morgan fingerprint density at radius 1 is 1.00 bits per heavy atom. The highest BCUT2D eigenvalue weighted by Gasteiger charge is 2.34. The van der Waals surface area contributed by atoms with E-state index in [0.29, 0.717) is 16.6 Å². The summed E-state index contributed by atoms with van der Waals surface area (Å²) in [6, 6.07) is 23.7. The van der Waals surface area contributed by atoms with Gasteiger partial charge in [0, 0.05) is 16.0 Å². The summed E-state index contributed by atoms with van der Waals surface area (Å²) in [6.45, 7) is 2.20. The fourth-order valence-corrected chi connectivity index (χ4v) is 4.62. The molecule has 0 radical (unpaired) electrons. The van der Waals surface area contributed by atoms with Crippen LogP contribution in [0.3, 0.4) is 0 Å². The van der Waals surface area contributed by atoms with E-state index in [1.54, 1.807) is 24.1 Å². The number of carbonyl (C=O) groups excluding carboxylic acids is 1. The zero-order chi connectivity index (χ0) is 26.1. The molecule has 0 aliphatic carbocycles. The van der Waals surface area contributed by atoms with Gasteiger partial charge in [0.05, 0.1) is 18.8 Å². The molecule has 10 heteroatoms. The summed E-state index contributed by atoms with van der Waals surface area (Å²) in [7, 11) is 0. The molecule has 2 atom stereocenters. The van der Waals surface area contributed by atoms with Crippen molar-refractivity contribution in [2.45, 2.75) is 25.4 Å². The topological polar surface area (TPSA) is 98.5 Å². The predicted molar refractivity (Wildman–Crippen MR) is 145 cm³/mol. The van der Waals surface area contributed by atoms with Crippen molar-refractivity contribution in [2.24, 2.45) is 10.8 Å².